The molecule has 0 bridgehead atoms. The summed E-state index contributed by atoms with van der Waals surface area (Å²) in [5.74, 6) is -0.257. The van der Waals surface area contributed by atoms with Gasteiger partial charge in [0.1, 0.15) is 0 Å². The monoisotopic (exact) mass is 807 g/mol. The summed E-state index contributed by atoms with van der Waals surface area (Å²) in [7, 11) is 0. The van der Waals surface area contributed by atoms with Gasteiger partial charge in [0.25, 0.3) is 0 Å². The van der Waals surface area contributed by atoms with Crippen LogP contribution in [-0.4, -0.2) is 26.3 Å². The van der Waals surface area contributed by atoms with Gasteiger partial charge in [-0.25, -0.2) is 0 Å². The van der Waals surface area contributed by atoms with Gasteiger partial charge in [-0.1, -0.05) is 20.8 Å². The molecule has 0 rings (SSSR count). The second-order valence-corrected chi connectivity index (χ2v) is 3.51. The Kier molecular flexibility index (Phi) is 111. The number of nitrogens with two attached hydrogens (primary N) is 1. The molecule has 14 N–H and O–H groups in total. The van der Waals surface area contributed by atoms with Crippen molar-refractivity contribution in [1.82, 2.24) is 24.6 Å². The molecule has 0 aromatic carbocycles. The summed E-state index contributed by atoms with van der Waals surface area (Å²) in [5.41, 5.74) is 4.57. The standard InChI is InChI=1S/C5H11NO.4NO3.4H3N.2Pt/c1-5(2,3)4(6)7;4*2-1(3)4;;;;;;/h1-3H3,(H2,6,7);;;;;4*1H3;;/q;4*-1;;;;;2*+2. The molecule has 1 amide bonds. The number of rotatable bonds is 0. The Morgan fingerprint density at radius 2 is 0.621 bits per heavy atom. The van der Waals surface area contributed by atoms with Crippen LogP contribution in [0.5, 0.6) is 0 Å². The molecule has 0 radical (unpaired) electrons. The minimum Gasteiger partial charge on any atom is -0.369 e. The van der Waals surface area contributed by atoms with Crippen molar-refractivity contribution in [3.05, 3.63) is 61.3 Å². The number of carbonyl (C=O) groups is 1. The smallest absolute Gasteiger partial charge is 0.369 e. The Bertz CT molecular complexity index is 329. The van der Waals surface area contributed by atoms with E-state index in [1.54, 1.807) is 20.8 Å². The molecule has 0 aliphatic rings. The second kappa shape index (κ2) is 44.7. The van der Waals surface area contributed by atoms with Crippen molar-refractivity contribution >= 4 is 5.91 Å². The van der Waals surface area contributed by atoms with E-state index >= 15 is 0 Å². The molecule has 0 saturated heterocycles. The number of primary amides is 1. The van der Waals surface area contributed by atoms with Crippen molar-refractivity contribution in [1.29, 1.82) is 0 Å². The number of nitrogens with zero attached hydrogens (tertiary/aromatic N) is 4. The molecule has 29 heavy (non-hydrogen) atoms. The molecule has 186 valence electrons. The summed E-state index contributed by atoms with van der Waals surface area (Å²) in [6, 6.07) is 0. The summed E-state index contributed by atoms with van der Waals surface area (Å²) < 4.78 is 0. The van der Waals surface area contributed by atoms with E-state index in [-0.39, 0.29) is 78.1 Å². The molecule has 0 aliphatic heterocycles. The molecule has 0 aromatic heterocycles. The minimum atomic E-state index is -1.75. The summed E-state index contributed by atoms with van der Waals surface area (Å²) in [6.07, 6.45) is 0. The topological polar surface area (TPSA) is 448 Å². The first-order valence-corrected chi connectivity index (χ1v) is 4.43. The molecule has 0 aliphatic carbocycles. The van der Waals surface area contributed by atoms with E-state index in [1.165, 1.54) is 0 Å². The SMILES string of the molecule is CC(C)(C)C(N)=O.N.N.N.N.O=[N+]([O-])[O-].O=[N+]([O-])[O-].O=[N+]([O-])[O-].O=[N+]([O-])[O-].[Pt+2].[Pt+2]. The fraction of sp³-hybridized carbons (Fsp3) is 0.800. The third-order valence-electron chi connectivity index (χ3n) is 0.739. The van der Waals surface area contributed by atoms with Crippen LogP contribution in [-0.2, 0) is 46.9 Å². The third kappa shape index (κ3) is 1160. The zero-order valence-corrected chi connectivity index (χ0v) is 19.7. The van der Waals surface area contributed by atoms with Crippen LogP contribution in [0.1, 0.15) is 20.8 Å². The molecule has 0 heterocycles. The van der Waals surface area contributed by atoms with Gasteiger partial charge in [0.2, 0.25) is 5.91 Å². The third-order valence-corrected chi connectivity index (χ3v) is 0.739. The Hall–Kier alpha value is -2.51. The van der Waals surface area contributed by atoms with Crippen LogP contribution in [0.2, 0.25) is 0 Å². The first kappa shape index (κ1) is 71.7. The van der Waals surface area contributed by atoms with Crippen molar-refractivity contribution in [3.63, 3.8) is 0 Å². The summed E-state index contributed by atoms with van der Waals surface area (Å²) in [4.78, 5) is 43.2. The molecule has 22 nitrogen and oxygen atoms in total. The van der Waals surface area contributed by atoms with Crippen molar-refractivity contribution < 1.29 is 67.3 Å². The van der Waals surface area contributed by atoms with E-state index in [2.05, 4.69) is 0 Å². The number of hydrogen-bond donors (Lipinski definition) is 5. The van der Waals surface area contributed by atoms with Gasteiger partial charge in [0.15, 0.2) is 0 Å². The van der Waals surface area contributed by atoms with E-state index in [1.807, 2.05) is 0 Å². The van der Waals surface area contributed by atoms with Crippen molar-refractivity contribution in [3.8, 4) is 0 Å². The van der Waals surface area contributed by atoms with Gasteiger partial charge < -0.3 is 91.6 Å². The van der Waals surface area contributed by atoms with E-state index in [0.29, 0.717) is 0 Å². The fourth-order valence-electron chi connectivity index (χ4n) is 0. The fourth-order valence-corrected chi connectivity index (χ4v) is 0. The summed E-state index contributed by atoms with van der Waals surface area (Å²) in [5, 5.41) is 59.0. The predicted molar refractivity (Wildman–Crippen MR) is 90.2 cm³/mol. The number of carbonyl (C=O) groups excluding carboxylic acids is 1. The van der Waals surface area contributed by atoms with Crippen LogP contribution >= 0.6 is 0 Å². The predicted octanol–water partition coefficient (Wildman–Crippen LogP) is 0.204. The summed E-state index contributed by atoms with van der Waals surface area (Å²) in [6.45, 7) is 5.36. The molecule has 0 saturated carbocycles. The molecule has 0 atom stereocenters. The molecular weight excluding hydrogens is 784 g/mol. The zero-order chi connectivity index (χ0) is 20.4. The number of amides is 1. The Morgan fingerprint density at radius 1 is 0.586 bits per heavy atom. The quantitative estimate of drug-likeness (QED) is 0.161. The minimum absolute atomic E-state index is 0. The Labute approximate surface area is 191 Å². The molecule has 24 heteroatoms. The second-order valence-electron chi connectivity index (χ2n) is 3.51. The Balaban J connectivity index is -0.0000000151. The maximum absolute atomic E-state index is 10.2. The van der Waals surface area contributed by atoms with Crippen molar-refractivity contribution in [2.45, 2.75) is 20.8 Å². The van der Waals surface area contributed by atoms with Crippen LogP contribution in [0, 0.1) is 66.7 Å². The van der Waals surface area contributed by atoms with Gasteiger partial charge >= 0.3 is 42.1 Å². The average Bonchev–Trinajstić information content (AvgIpc) is 2.10. The molecular formula is C5H23N9O13Pt2. The van der Waals surface area contributed by atoms with Crippen LogP contribution in [0.25, 0.3) is 0 Å². The van der Waals surface area contributed by atoms with Gasteiger partial charge in [-0.15, -0.1) is 0 Å². The summed E-state index contributed by atoms with van der Waals surface area (Å²) >= 11 is 0. The van der Waals surface area contributed by atoms with E-state index in [0.717, 1.165) is 0 Å². The van der Waals surface area contributed by atoms with Crippen molar-refractivity contribution in [2.75, 3.05) is 0 Å². The number of hydrogen-bond acceptors (Lipinski definition) is 17. The van der Waals surface area contributed by atoms with E-state index in [4.69, 9.17) is 67.0 Å². The van der Waals surface area contributed by atoms with Gasteiger partial charge in [-0.05, 0) is 0 Å². The van der Waals surface area contributed by atoms with Gasteiger partial charge in [-0.2, -0.15) is 0 Å². The zero-order valence-electron chi connectivity index (χ0n) is 15.1. The molecule has 0 aromatic rings. The van der Waals surface area contributed by atoms with Crippen LogP contribution in [0.3, 0.4) is 0 Å². The van der Waals surface area contributed by atoms with E-state index < -0.39 is 20.3 Å². The normalized spacial score (nSPS) is 6.03. The first-order chi connectivity index (χ1) is 9.87. The van der Waals surface area contributed by atoms with Gasteiger partial charge in [-0.3, -0.25) is 4.79 Å². The average molecular weight is 807 g/mol. The molecule has 0 spiro atoms. The van der Waals surface area contributed by atoms with Crippen LogP contribution < -0.4 is 30.3 Å². The van der Waals surface area contributed by atoms with Crippen LogP contribution in [0.15, 0.2) is 0 Å². The van der Waals surface area contributed by atoms with Gasteiger partial charge in [0, 0.05) is 5.41 Å². The maximum Gasteiger partial charge on any atom is 2.00 e. The van der Waals surface area contributed by atoms with Gasteiger partial charge in [0.05, 0.1) is 20.3 Å². The van der Waals surface area contributed by atoms with Crippen LogP contribution in [0.4, 0.5) is 0 Å². The maximum atomic E-state index is 10.2. The molecule has 0 fully saturated rings. The van der Waals surface area contributed by atoms with E-state index in [9.17, 15) is 4.79 Å². The Morgan fingerprint density at radius 3 is 0.621 bits per heavy atom. The largest absolute Gasteiger partial charge is 2.00 e. The molecule has 0 unspecified atom stereocenters. The first-order valence-electron chi connectivity index (χ1n) is 4.43. The van der Waals surface area contributed by atoms with Crippen molar-refractivity contribution in [2.24, 2.45) is 11.1 Å².